The molecule has 0 amide bonds. The maximum Gasteiger partial charge on any atom is 0.133 e. The van der Waals surface area contributed by atoms with E-state index in [0.717, 1.165) is 10.2 Å². The van der Waals surface area contributed by atoms with Crippen LogP contribution in [-0.4, -0.2) is 12.6 Å². The maximum absolute atomic E-state index is 5.78. The first kappa shape index (κ1) is 11.5. The molecule has 1 rings (SSSR count). The Morgan fingerprint density at radius 3 is 2.50 bits per heavy atom. The van der Waals surface area contributed by atoms with E-state index >= 15 is 0 Å². The molecule has 1 aromatic carbocycles. The van der Waals surface area contributed by atoms with Gasteiger partial charge in [0, 0.05) is 6.54 Å². The van der Waals surface area contributed by atoms with Gasteiger partial charge in [-0.05, 0) is 34.0 Å². The van der Waals surface area contributed by atoms with Gasteiger partial charge in [-0.25, -0.2) is 0 Å². The molecule has 14 heavy (non-hydrogen) atoms. The maximum atomic E-state index is 5.78. The summed E-state index contributed by atoms with van der Waals surface area (Å²) in [6, 6.07) is 7.82. The minimum Gasteiger partial charge on any atom is -0.488 e. The van der Waals surface area contributed by atoms with Crippen molar-refractivity contribution in [3.63, 3.8) is 0 Å². The molecule has 0 heterocycles. The lowest BCUT2D eigenvalue weighted by atomic mass is 10.1. The van der Waals surface area contributed by atoms with E-state index in [2.05, 4.69) is 29.8 Å². The SMILES string of the molecule is CC(C)C(CN)Oc1ccccc1Br. The highest BCUT2D eigenvalue weighted by molar-refractivity contribution is 9.10. The fourth-order valence-electron chi connectivity index (χ4n) is 1.16. The van der Waals surface area contributed by atoms with Crippen molar-refractivity contribution in [2.24, 2.45) is 11.7 Å². The third-order valence-corrected chi connectivity index (χ3v) is 2.75. The van der Waals surface area contributed by atoms with Crippen LogP contribution in [0, 0.1) is 5.92 Å². The Kier molecular flexibility index (Phi) is 4.42. The Balaban J connectivity index is 2.72. The van der Waals surface area contributed by atoms with Crippen molar-refractivity contribution in [3.8, 4) is 5.75 Å². The van der Waals surface area contributed by atoms with Crippen molar-refractivity contribution in [2.75, 3.05) is 6.54 Å². The molecule has 2 N–H and O–H groups in total. The molecule has 78 valence electrons. The smallest absolute Gasteiger partial charge is 0.133 e. The molecule has 0 aliphatic carbocycles. The summed E-state index contributed by atoms with van der Waals surface area (Å²) in [5.74, 6) is 1.28. The van der Waals surface area contributed by atoms with Crippen LogP contribution >= 0.6 is 15.9 Å². The highest BCUT2D eigenvalue weighted by Gasteiger charge is 2.13. The lowest BCUT2D eigenvalue weighted by Crippen LogP contribution is -2.31. The molecule has 0 spiro atoms. The van der Waals surface area contributed by atoms with Crippen LogP contribution in [0.5, 0.6) is 5.75 Å². The molecule has 0 radical (unpaired) electrons. The van der Waals surface area contributed by atoms with E-state index in [1.54, 1.807) is 0 Å². The molecule has 0 fully saturated rings. The van der Waals surface area contributed by atoms with E-state index < -0.39 is 0 Å². The molecule has 0 aliphatic rings. The normalized spacial score (nSPS) is 12.9. The van der Waals surface area contributed by atoms with Gasteiger partial charge in [-0.1, -0.05) is 26.0 Å². The molecule has 0 bridgehead atoms. The number of halogens is 1. The first-order chi connectivity index (χ1) is 6.65. The van der Waals surface area contributed by atoms with Crippen molar-refractivity contribution in [1.29, 1.82) is 0 Å². The average molecular weight is 258 g/mol. The number of hydrogen-bond donors (Lipinski definition) is 1. The monoisotopic (exact) mass is 257 g/mol. The molecular formula is C11H16BrNO. The van der Waals surface area contributed by atoms with E-state index in [1.165, 1.54) is 0 Å². The zero-order chi connectivity index (χ0) is 10.6. The Hall–Kier alpha value is -0.540. The van der Waals surface area contributed by atoms with Crippen molar-refractivity contribution < 1.29 is 4.74 Å². The van der Waals surface area contributed by atoms with Gasteiger partial charge in [0.05, 0.1) is 4.47 Å². The van der Waals surface area contributed by atoms with Gasteiger partial charge in [-0.3, -0.25) is 0 Å². The largest absolute Gasteiger partial charge is 0.488 e. The van der Waals surface area contributed by atoms with Gasteiger partial charge >= 0.3 is 0 Å². The summed E-state index contributed by atoms with van der Waals surface area (Å²) < 4.78 is 6.76. The molecular weight excluding hydrogens is 242 g/mol. The summed E-state index contributed by atoms with van der Waals surface area (Å²) in [5, 5.41) is 0. The van der Waals surface area contributed by atoms with E-state index in [0.29, 0.717) is 12.5 Å². The van der Waals surface area contributed by atoms with Gasteiger partial charge in [0.2, 0.25) is 0 Å². The highest BCUT2D eigenvalue weighted by Crippen LogP contribution is 2.25. The molecule has 0 aromatic heterocycles. The second kappa shape index (κ2) is 5.37. The zero-order valence-electron chi connectivity index (χ0n) is 8.53. The van der Waals surface area contributed by atoms with Crippen molar-refractivity contribution in [3.05, 3.63) is 28.7 Å². The highest BCUT2D eigenvalue weighted by atomic mass is 79.9. The van der Waals surface area contributed by atoms with E-state index in [-0.39, 0.29) is 6.10 Å². The third-order valence-electron chi connectivity index (χ3n) is 2.09. The Morgan fingerprint density at radius 1 is 1.36 bits per heavy atom. The Morgan fingerprint density at radius 2 is 2.00 bits per heavy atom. The van der Waals surface area contributed by atoms with Gasteiger partial charge in [0.25, 0.3) is 0 Å². The number of benzene rings is 1. The first-order valence-electron chi connectivity index (χ1n) is 4.76. The number of rotatable bonds is 4. The molecule has 0 aliphatic heterocycles. The molecule has 1 atom stereocenters. The third kappa shape index (κ3) is 3.00. The van der Waals surface area contributed by atoms with Gasteiger partial charge in [-0.15, -0.1) is 0 Å². The quantitative estimate of drug-likeness (QED) is 0.901. The summed E-state index contributed by atoms with van der Waals surface area (Å²) in [5.41, 5.74) is 5.63. The number of ether oxygens (including phenoxy) is 1. The first-order valence-corrected chi connectivity index (χ1v) is 5.55. The van der Waals surface area contributed by atoms with Crippen molar-refractivity contribution in [1.82, 2.24) is 0 Å². The number of nitrogens with two attached hydrogens (primary N) is 1. The standard InChI is InChI=1S/C11H16BrNO/c1-8(2)11(7-13)14-10-6-4-3-5-9(10)12/h3-6,8,11H,7,13H2,1-2H3. The van der Waals surface area contributed by atoms with Crippen LogP contribution in [0.15, 0.2) is 28.7 Å². The second-order valence-corrected chi connectivity index (χ2v) is 4.42. The van der Waals surface area contributed by atoms with Crippen LogP contribution in [0.1, 0.15) is 13.8 Å². The van der Waals surface area contributed by atoms with Crippen molar-refractivity contribution in [2.45, 2.75) is 20.0 Å². The zero-order valence-corrected chi connectivity index (χ0v) is 10.1. The summed E-state index contributed by atoms with van der Waals surface area (Å²) in [7, 11) is 0. The predicted molar refractivity (Wildman–Crippen MR) is 62.5 cm³/mol. The van der Waals surface area contributed by atoms with Gasteiger partial charge in [0.15, 0.2) is 0 Å². The summed E-state index contributed by atoms with van der Waals surface area (Å²) in [6.45, 7) is 4.75. The van der Waals surface area contributed by atoms with Gasteiger partial charge in [-0.2, -0.15) is 0 Å². The van der Waals surface area contributed by atoms with Crippen LogP contribution in [-0.2, 0) is 0 Å². The lowest BCUT2D eigenvalue weighted by Gasteiger charge is -2.21. The Labute approximate surface area is 93.6 Å². The fraction of sp³-hybridized carbons (Fsp3) is 0.455. The summed E-state index contributed by atoms with van der Waals surface area (Å²) in [4.78, 5) is 0. The van der Waals surface area contributed by atoms with Crippen LogP contribution in [0.4, 0.5) is 0 Å². The minimum atomic E-state index is 0.0775. The molecule has 1 unspecified atom stereocenters. The van der Waals surface area contributed by atoms with E-state index in [9.17, 15) is 0 Å². The van der Waals surface area contributed by atoms with E-state index in [1.807, 2.05) is 24.3 Å². The average Bonchev–Trinajstić information content (AvgIpc) is 2.16. The summed E-state index contributed by atoms with van der Waals surface area (Å²) in [6.07, 6.45) is 0.0775. The minimum absolute atomic E-state index is 0.0775. The second-order valence-electron chi connectivity index (χ2n) is 3.57. The number of para-hydroxylation sites is 1. The topological polar surface area (TPSA) is 35.2 Å². The molecule has 2 nitrogen and oxygen atoms in total. The Bertz CT molecular complexity index is 288. The number of hydrogen-bond acceptors (Lipinski definition) is 2. The lowest BCUT2D eigenvalue weighted by molar-refractivity contribution is 0.158. The van der Waals surface area contributed by atoms with Crippen LogP contribution in [0.2, 0.25) is 0 Å². The van der Waals surface area contributed by atoms with Crippen LogP contribution in [0.25, 0.3) is 0 Å². The summed E-state index contributed by atoms with van der Waals surface area (Å²) >= 11 is 3.44. The van der Waals surface area contributed by atoms with Crippen molar-refractivity contribution >= 4 is 15.9 Å². The molecule has 1 aromatic rings. The van der Waals surface area contributed by atoms with Crippen LogP contribution in [0.3, 0.4) is 0 Å². The predicted octanol–water partition coefficient (Wildman–Crippen LogP) is 2.81. The fourth-order valence-corrected chi connectivity index (χ4v) is 1.54. The molecule has 0 saturated carbocycles. The van der Waals surface area contributed by atoms with Crippen LogP contribution < -0.4 is 10.5 Å². The van der Waals surface area contributed by atoms with Gasteiger partial charge < -0.3 is 10.5 Å². The van der Waals surface area contributed by atoms with Gasteiger partial charge in [0.1, 0.15) is 11.9 Å². The van der Waals surface area contributed by atoms with E-state index in [4.69, 9.17) is 10.5 Å². The molecule has 0 saturated heterocycles. The molecule has 3 heteroatoms.